The highest BCUT2D eigenvalue weighted by atomic mass is 16.5. The fourth-order valence-electron chi connectivity index (χ4n) is 3.65. The molecule has 0 aliphatic carbocycles. The topological polar surface area (TPSA) is 121 Å². The maximum Gasteiger partial charge on any atom is 0.203 e. The maximum absolute atomic E-state index is 12.4. The largest absolute Gasteiger partial charge is 0.487 e. The summed E-state index contributed by atoms with van der Waals surface area (Å²) in [5, 5.41) is 18.9. The average molecular weight is 482 g/mol. The second-order valence-corrected chi connectivity index (χ2v) is 8.17. The molecule has 0 bridgehead atoms. The van der Waals surface area contributed by atoms with E-state index in [0.29, 0.717) is 23.7 Å². The molecule has 10 nitrogen and oxygen atoms in total. The number of aromatic nitrogens is 7. The minimum atomic E-state index is -0.779. The number of ether oxygens (including phenoxy) is 1. The van der Waals surface area contributed by atoms with Crippen molar-refractivity contribution in [1.29, 1.82) is 0 Å². The molecule has 4 aromatic heterocycles. The van der Waals surface area contributed by atoms with Gasteiger partial charge in [-0.15, -0.1) is 0 Å². The van der Waals surface area contributed by atoms with E-state index >= 15 is 0 Å². The Labute approximate surface area is 206 Å². The van der Waals surface area contributed by atoms with Crippen molar-refractivity contribution >= 4 is 0 Å². The normalized spacial score (nSPS) is 11.8. The van der Waals surface area contributed by atoms with Crippen LogP contribution in [0.25, 0.3) is 17.1 Å². The van der Waals surface area contributed by atoms with Crippen molar-refractivity contribution in [3.8, 4) is 22.8 Å². The van der Waals surface area contributed by atoms with Crippen LogP contribution in [0.4, 0.5) is 0 Å². The summed E-state index contributed by atoms with van der Waals surface area (Å²) in [7, 11) is 1.82. The van der Waals surface area contributed by atoms with Gasteiger partial charge < -0.3 is 9.84 Å². The molecule has 1 aromatic carbocycles. The highest BCUT2D eigenvalue weighted by Gasteiger charge is 2.11. The lowest BCUT2D eigenvalue weighted by molar-refractivity contribution is 0.107. The van der Waals surface area contributed by atoms with Crippen molar-refractivity contribution in [2.45, 2.75) is 12.5 Å². The van der Waals surface area contributed by atoms with Gasteiger partial charge in [-0.2, -0.15) is 10.2 Å². The molecule has 1 atom stereocenters. The van der Waals surface area contributed by atoms with Gasteiger partial charge in [0.05, 0.1) is 24.8 Å². The summed E-state index contributed by atoms with van der Waals surface area (Å²) in [6.45, 7) is 0.0723. The molecule has 180 valence electrons. The van der Waals surface area contributed by atoms with Crippen LogP contribution in [0.1, 0.15) is 22.9 Å². The standard InChI is InChI=1S/C26H23N7O3/c1-32-16-21(13-30-32)33-10-7-24(34)23(31-33)12-18-3-2-4-20(11-18)26-28-14-22(15-29-26)36-17-25(35)19-5-8-27-9-6-19/h2-11,13-16,25,35H,12,17H2,1H3. The number of rotatable bonds is 8. The average Bonchev–Trinajstić information content (AvgIpc) is 3.36. The van der Waals surface area contributed by atoms with Crippen LogP contribution in [-0.4, -0.2) is 46.2 Å². The smallest absolute Gasteiger partial charge is 0.203 e. The Morgan fingerprint density at radius 2 is 1.86 bits per heavy atom. The Hall–Kier alpha value is -4.70. The molecular weight excluding hydrogens is 458 g/mol. The zero-order valence-electron chi connectivity index (χ0n) is 19.5. The van der Waals surface area contributed by atoms with Crippen molar-refractivity contribution in [2.24, 2.45) is 7.05 Å². The molecule has 1 N–H and O–H groups in total. The van der Waals surface area contributed by atoms with Gasteiger partial charge in [-0.25, -0.2) is 14.6 Å². The third kappa shape index (κ3) is 5.34. The number of pyridine rings is 1. The van der Waals surface area contributed by atoms with E-state index in [9.17, 15) is 9.90 Å². The van der Waals surface area contributed by atoms with E-state index in [-0.39, 0.29) is 12.0 Å². The lowest BCUT2D eigenvalue weighted by atomic mass is 10.1. The number of hydrogen-bond acceptors (Lipinski definition) is 8. The molecule has 5 aromatic rings. The molecule has 1 unspecified atom stereocenters. The lowest BCUT2D eigenvalue weighted by Gasteiger charge is -2.12. The molecule has 0 aliphatic heterocycles. The highest BCUT2D eigenvalue weighted by Crippen LogP contribution is 2.20. The minimum absolute atomic E-state index is 0.0723. The summed E-state index contributed by atoms with van der Waals surface area (Å²) in [5.74, 6) is 0.972. The second-order valence-electron chi connectivity index (χ2n) is 8.17. The Balaban J connectivity index is 1.28. The van der Waals surface area contributed by atoms with Gasteiger partial charge in [0.1, 0.15) is 24.1 Å². The van der Waals surface area contributed by atoms with Gasteiger partial charge >= 0.3 is 0 Å². The second kappa shape index (κ2) is 10.3. The number of aliphatic hydroxyl groups is 1. The molecule has 0 spiro atoms. The van der Waals surface area contributed by atoms with Gasteiger partial charge in [0.2, 0.25) is 5.43 Å². The summed E-state index contributed by atoms with van der Waals surface area (Å²) in [4.78, 5) is 25.2. The van der Waals surface area contributed by atoms with Crippen LogP contribution in [0.15, 0.2) is 90.6 Å². The molecule has 0 saturated carbocycles. The third-order valence-electron chi connectivity index (χ3n) is 5.52. The van der Waals surface area contributed by atoms with Crippen LogP contribution in [0, 0.1) is 0 Å². The predicted molar refractivity (Wildman–Crippen MR) is 132 cm³/mol. The van der Waals surface area contributed by atoms with E-state index in [1.165, 1.54) is 6.07 Å². The van der Waals surface area contributed by atoms with Crippen LogP contribution >= 0.6 is 0 Å². The van der Waals surface area contributed by atoms with E-state index in [2.05, 4.69) is 25.1 Å². The first-order valence-electron chi connectivity index (χ1n) is 11.3. The summed E-state index contributed by atoms with van der Waals surface area (Å²) in [6.07, 6.45) is 11.1. The molecule has 0 fully saturated rings. The number of hydrogen-bond donors (Lipinski definition) is 1. The van der Waals surface area contributed by atoms with Crippen molar-refractivity contribution < 1.29 is 9.84 Å². The molecule has 0 saturated heterocycles. The van der Waals surface area contributed by atoms with Crippen LogP contribution in [0.3, 0.4) is 0 Å². The van der Waals surface area contributed by atoms with Gasteiger partial charge in [0.15, 0.2) is 11.6 Å². The van der Waals surface area contributed by atoms with Crippen molar-refractivity contribution in [3.05, 3.63) is 113 Å². The predicted octanol–water partition coefficient (Wildman–Crippen LogP) is 2.52. The first-order valence-corrected chi connectivity index (χ1v) is 11.3. The number of nitrogens with zero attached hydrogens (tertiary/aromatic N) is 7. The molecule has 0 radical (unpaired) electrons. The van der Waals surface area contributed by atoms with E-state index in [4.69, 9.17) is 4.74 Å². The number of benzene rings is 1. The first-order chi connectivity index (χ1) is 17.5. The zero-order chi connectivity index (χ0) is 24.9. The van der Waals surface area contributed by atoms with Gasteiger partial charge in [-0.3, -0.25) is 14.5 Å². The van der Waals surface area contributed by atoms with E-state index < -0.39 is 6.10 Å². The summed E-state index contributed by atoms with van der Waals surface area (Å²) < 4.78 is 8.95. The van der Waals surface area contributed by atoms with Gasteiger partial charge in [0.25, 0.3) is 0 Å². The number of aliphatic hydroxyl groups excluding tert-OH is 1. The van der Waals surface area contributed by atoms with Crippen molar-refractivity contribution in [1.82, 2.24) is 34.5 Å². The van der Waals surface area contributed by atoms with Crippen molar-refractivity contribution in [2.75, 3.05) is 6.61 Å². The third-order valence-corrected chi connectivity index (χ3v) is 5.52. The molecule has 4 heterocycles. The van der Waals surface area contributed by atoms with Gasteiger partial charge in [0, 0.05) is 43.7 Å². The van der Waals surface area contributed by atoms with Gasteiger partial charge in [-0.05, 0) is 29.3 Å². The molecule has 0 aliphatic rings. The zero-order valence-corrected chi connectivity index (χ0v) is 19.5. The SMILES string of the molecule is Cn1cc(-n2ccc(=O)c(Cc3cccc(-c4ncc(OCC(O)c5ccncc5)cn4)c3)n2)cn1. The van der Waals surface area contributed by atoms with E-state index in [1.807, 2.05) is 37.5 Å². The molecule has 10 heteroatoms. The van der Waals surface area contributed by atoms with E-state index in [0.717, 1.165) is 22.4 Å². The summed E-state index contributed by atoms with van der Waals surface area (Å²) in [6, 6.07) is 12.6. The van der Waals surface area contributed by atoms with Crippen LogP contribution in [0.2, 0.25) is 0 Å². The van der Waals surface area contributed by atoms with Crippen LogP contribution in [0.5, 0.6) is 5.75 Å². The quantitative estimate of drug-likeness (QED) is 0.359. The first kappa shape index (κ1) is 23.1. The molecule has 36 heavy (non-hydrogen) atoms. The Morgan fingerprint density at radius 1 is 1.06 bits per heavy atom. The maximum atomic E-state index is 12.4. The monoisotopic (exact) mass is 481 g/mol. The summed E-state index contributed by atoms with van der Waals surface area (Å²) >= 11 is 0. The van der Waals surface area contributed by atoms with Gasteiger partial charge in [-0.1, -0.05) is 18.2 Å². The van der Waals surface area contributed by atoms with E-state index in [1.54, 1.807) is 58.7 Å². The Morgan fingerprint density at radius 3 is 2.61 bits per heavy atom. The fraction of sp³-hybridized carbons (Fsp3) is 0.154. The Bertz CT molecular complexity index is 1510. The van der Waals surface area contributed by atoms with Crippen LogP contribution < -0.4 is 10.2 Å². The number of aryl methyl sites for hydroxylation is 1. The van der Waals surface area contributed by atoms with Crippen molar-refractivity contribution in [3.63, 3.8) is 0 Å². The molecule has 5 rings (SSSR count). The molecule has 0 amide bonds. The minimum Gasteiger partial charge on any atom is -0.487 e. The lowest BCUT2D eigenvalue weighted by Crippen LogP contribution is -2.16. The van der Waals surface area contributed by atoms with Crippen LogP contribution in [-0.2, 0) is 13.5 Å². The fourth-order valence-corrected chi connectivity index (χ4v) is 3.65. The highest BCUT2D eigenvalue weighted by molar-refractivity contribution is 5.56. The molecular formula is C26H23N7O3. The Kier molecular flexibility index (Phi) is 6.59. The summed E-state index contributed by atoms with van der Waals surface area (Å²) in [5.41, 5.74) is 3.50.